The normalized spacial score (nSPS) is 23.8. The van der Waals surface area contributed by atoms with Crippen molar-refractivity contribution in [3.63, 3.8) is 0 Å². The summed E-state index contributed by atoms with van der Waals surface area (Å²) < 4.78 is 47.7. The minimum atomic E-state index is -4.36. The number of halogens is 3. The Hall–Kier alpha value is -1.04. The molecule has 17 heavy (non-hydrogen) atoms. The van der Waals surface area contributed by atoms with Crippen LogP contribution in [0.1, 0.15) is 17.2 Å². The largest absolute Gasteiger partial charge is 0.497 e. The van der Waals surface area contributed by atoms with E-state index in [0.29, 0.717) is 11.3 Å². The third kappa shape index (κ3) is 2.46. The van der Waals surface area contributed by atoms with Gasteiger partial charge in [-0.2, -0.15) is 25.8 Å². The van der Waals surface area contributed by atoms with E-state index in [-0.39, 0.29) is 12.2 Å². The molecule has 1 aromatic rings. The lowest BCUT2D eigenvalue weighted by Crippen LogP contribution is -2.37. The first kappa shape index (κ1) is 12.4. The highest BCUT2D eigenvalue weighted by atomic mass is 32.1. The van der Waals surface area contributed by atoms with Crippen LogP contribution in [0.3, 0.4) is 0 Å². The number of thiol groups is 1. The van der Waals surface area contributed by atoms with Gasteiger partial charge in [-0.05, 0) is 18.2 Å². The zero-order chi connectivity index (χ0) is 12.6. The summed E-state index contributed by atoms with van der Waals surface area (Å²) in [5.74, 6) is 0.802. The number of alkyl halides is 3. The van der Waals surface area contributed by atoms with Gasteiger partial charge in [0.15, 0.2) is 6.10 Å². The maximum absolute atomic E-state index is 12.6. The molecule has 0 spiro atoms. The first-order valence-corrected chi connectivity index (χ1v) is 5.53. The maximum Gasteiger partial charge on any atom is 0.425 e. The van der Waals surface area contributed by atoms with Gasteiger partial charge in [0, 0.05) is 17.2 Å². The minimum Gasteiger partial charge on any atom is -0.497 e. The number of rotatable bonds is 1. The van der Waals surface area contributed by atoms with Crippen LogP contribution in [0.15, 0.2) is 18.2 Å². The molecule has 2 nitrogen and oxygen atoms in total. The topological polar surface area (TPSA) is 18.5 Å². The van der Waals surface area contributed by atoms with E-state index >= 15 is 0 Å². The van der Waals surface area contributed by atoms with Crippen LogP contribution in [0, 0.1) is 0 Å². The molecule has 0 aliphatic carbocycles. The summed E-state index contributed by atoms with van der Waals surface area (Å²) in [7, 11) is 1.50. The molecule has 94 valence electrons. The Bertz CT molecular complexity index is 420. The zero-order valence-corrected chi connectivity index (χ0v) is 9.89. The van der Waals surface area contributed by atoms with Gasteiger partial charge in [-0.25, -0.2) is 0 Å². The second-order valence-corrected chi connectivity index (χ2v) is 4.43. The summed E-state index contributed by atoms with van der Waals surface area (Å²) in [6, 6.07) is 4.70. The Labute approximate surface area is 102 Å². The highest BCUT2D eigenvalue weighted by Crippen LogP contribution is 2.44. The van der Waals surface area contributed by atoms with Crippen LogP contribution in [-0.2, 0) is 0 Å². The first-order chi connectivity index (χ1) is 7.91. The van der Waals surface area contributed by atoms with E-state index in [4.69, 9.17) is 9.47 Å². The second kappa shape index (κ2) is 4.33. The fourth-order valence-electron chi connectivity index (χ4n) is 1.75. The van der Waals surface area contributed by atoms with Crippen molar-refractivity contribution < 1.29 is 22.6 Å². The van der Waals surface area contributed by atoms with Crippen molar-refractivity contribution >= 4 is 12.6 Å². The fourth-order valence-corrected chi connectivity index (χ4v) is 2.15. The third-order valence-electron chi connectivity index (χ3n) is 2.65. The molecule has 1 aromatic carbocycles. The molecule has 0 fully saturated rings. The summed E-state index contributed by atoms with van der Waals surface area (Å²) in [4.78, 5) is 0. The molecule has 0 radical (unpaired) electrons. The van der Waals surface area contributed by atoms with Crippen LogP contribution < -0.4 is 9.47 Å². The predicted octanol–water partition coefficient (Wildman–Crippen LogP) is 3.38. The molecule has 0 saturated carbocycles. The second-order valence-electron chi connectivity index (χ2n) is 3.80. The van der Waals surface area contributed by atoms with Crippen LogP contribution in [0.25, 0.3) is 0 Å². The number of methoxy groups -OCH3 is 1. The lowest BCUT2D eigenvalue weighted by molar-refractivity contribution is -0.199. The van der Waals surface area contributed by atoms with Crippen LogP contribution in [0.5, 0.6) is 11.5 Å². The molecule has 0 aromatic heterocycles. The molecule has 0 amide bonds. The lowest BCUT2D eigenvalue weighted by Gasteiger charge is -2.31. The standard InChI is InChI=1S/C11H11F3O2S/c1-15-6-2-3-8-7(4-6)9(17)5-10(16-8)11(12,13)14/h2-4,9-10,17H,5H2,1H3/t9-,10-/m1/s1. The maximum atomic E-state index is 12.6. The van der Waals surface area contributed by atoms with Gasteiger partial charge in [0.05, 0.1) is 7.11 Å². The van der Waals surface area contributed by atoms with Gasteiger partial charge < -0.3 is 9.47 Å². The van der Waals surface area contributed by atoms with Gasteiger partial charge in [0.25, 0.3) is 0 Å². The van der Waals surface area contributed by atoms with Crippen molar-refractivity contribution in [3.05, 3.63) is 23.8 Å². The Balaban J connectivity index is 2.32. The monoisotopic (exact) mass is 264 g/mol. The van der Waals surface area contributed by atoms with Crippen LogP contribution in [0.2, 0.25) is 0 Å². The number of ether oxygens (including phenoxy) is 2. The van der Waals surface area contributed by atoms with Crippen molar-refractivity contribution in [2.75, 3.05) is 7.11 Å². The summed E-state index contributed by atoms with van der Waals surface area (Å²) in [5, 5.41) is -0.500. The molecule has 0 N–H and O–H groups in total. The van der Waals surface area contributed by atoms with Gasteiger partial charge in [0.2, 0.25) is 0 Å². The predicted molar refractivity (Wildman–Crippen MR) is 59.8 cm³/mol. The van der Waals surface area contributed by atoms with Gasteiger partial charge in [0.1, 0.15) is 11.5 Å². The van der Waals surface area contributed by atoms with E-state index in [1.54, 1.807) is 12.1 Å². The smallest absolute Gasteiger partial charge is 0.425 e. The van der Waals surface area contributed by atoms with E-state index < -0.39 is 17.5 Å². The van der Waals surface area contributed by atoms with Crippen LogP contribution in [0.4, 0.5) is 13.2 Å². The molecular weight excluding hydrogens is 253 g/mol. The molecule has 0 bridgehead atoms. The molecule has 2 rings (SSSR count). The lowest BCUT2D eigenvalue weighted by atomic mass is 10.0. The van der Waals surface area contributed by atoms with Gasteiger partial charge in [-0.1, -0.05) is 0 Å². The van der Waals surface area contributed by atoms with E-state index in [1.165, 1.54) is 13.2 Å². The number of hydrogen-bond donors (Lipinski definition) is 1. The average Bonchev–Trinajstić information content (AvgIpc) is 2.27. The molecule has 1 aliphatic rings. The molecule has 1 aliphatic heterocycles. The van der Waals surface area contributed by atoms with Gasteiger partial charge in [-0.15, -0.1) is 0 Å². The molecule has 0 saturated heterocycles. The van der Waals surface area contributed by atoms with E-state index in [2.05, 4.69) is 12.6 Å². The summed E-state index contributed by atoms with van der Waals surface area (Å²) in [6.07, 6.45) is -6.34. The Kier molecular flexibility index (Phi) is 3.16. The quantitative estimate of drug-likeness (QED) is 0.784. The molecule has 6 heteroatoms. The zero-order valence-electron chi connectivity index (χ0n) is 8.99. The number of fused-ring (bicyclic) bond motifs is 1. The van der Waals surface area contributed by atoms with Crippen molar-refractivity contribution in [1.29, 1.82) is 0 Å². The van der Waals surface area contributed by atoms with E-state index in [1.807, 2.05) is 0 Å². The first-order valence-electron chi connectivity index (χ1n) is 5.01. The van der Waals surface area contributed by atoms with Gasteiger partial charge >= 0.3 is 6.18 Å². The summed E-state index contributed by atoms with van der Waals surface area (Å²) in [6.45, 7) is 0. The SMILES string of the molecule is COc1ccc2c(c1)[C@H](S)C[C@H](C(F)(F)F)O2. The Morgan fingerprint density at radius 2 is 2.12 bits per heavy atom. The van der Waals surface area contributed by atoms with Gasteiger partial charge in [-0.3, -0.25) is 0 Å². The van der Waals surface area contributed by atoms with E-state index in [0.717, 1.165) is 0 Å². The Morgan fingerprint density at radius 3 is 2.71 bits per heavy atom. The van der Waals surface area contributed by atoms with E-state index in [9.17, 15) is 13.2 Å². The number of hydrogen-bond acceptors (Lipinski definition) is 3. The average molecular weight is 264 g/mol. The Morgan fingerprint density at radius 1 is 1.41 bits per heavy atom. The van der Waals surface area contributed by atoms with Crippen molar-refractivity contribution in [3.8, 4) is 11.5 Å². The highest BCUT2D eigenvalue weighted by molar-refractivity contribution is 7.80. The van der Waals surface area contributed by atoms with Crippen molar-refractivity contribution in [2.45, 2.75) is 24.0 Å². The minimum absolute atomic E-state index is 0.188. The molecular formula is C11H11F3O2S. The van der Waals surface area contributed by atoms with Crippen LogP contribution in [-0.4, -0.2) is 19.4 Å². The summed E-state index contributed by atoms with van der Waals surface area (Å²) >= 11 is 4.18. The molecule has 2 atom stereocenters. The van der Waals surface area contributed by atoms with Crippen LogP contribution >= 0.6 is 12.6 Å². The third-order valence-corrected chi connectivity index (χ3v) is 3.14. The highest BCUT2D eigenvalue weighted by Gasteiger charge is 2.45. The van der Waals surface area contributed by atoms with Crippen molar-refractivity contribution in [1.82, 2.24) is 0 Å². The summed E-state index contributed by atoms with van der Waals surface area (Å²) in [5.41, 5.74) is 0.633. The van der Waals surface area contributed by atoms with Crippen molar-refractivity contribution in [2.24, 2.45) is 0 Å². The number of benzene rings is 1. The molecule has 1 heterocycles. The molecule has 0 unspecified atom stereocenters. The fraction of sp³-hybridized carbons (Fsp3) is 0.455.